The first kappa shape index (κ1) is 19.3. The molecule has 0 saturated carbocycles. The number of halogens is 1. The molecule has 0 unspecified atom stereocenters. The molecule has 1 aliphatic heterocycles. The summed E-state index contributed by atoms with van der Waals surface area (Å²) in [7, 11) is 1.72. The Hall–Kier alpha value is -2.99. The maximum atomic E-state index is 6.14. The number of fused-ring (bicyclic) bond motifs is 3. The van der Waals surface area contributed by atoms with Crippen molar-refractivity contribution >= 4 is 33.6 Å². The third-order valence-corrected chi connectivity index (χ3v) is 5.32. The number of aryl methyl sites for hydroxylation is 1. The van der Waals surface area contributed by atoms with E-state index in [-0.39, 0.29) is 13.8 Å². The minimum absolute atomic E-state index is 0. The molecule has 0 atom stereocenters. The SMILES string of the molecule is COc1ccccc1N1CCN(c2nc(C)nc3c2oc2ccccc23)CC1.[Cl-].[H+]. The van der Waals surface area contributed by atoms with Crippen molar-refractivity contribution in [2.45, 2.75) is 6.92 Å². The number of anilines is 2. The third-order valence-electron chi connectivity index (χ3n) is 5.32. The maximum Gasteiger partial charge on any atom is 1.00 e. The van der Waals surface area contributed by atoms with Crippen molar-refractivity contribution in [2.75, 3.05) is 43.1 Å². The molecule has 2 aromatic heterocycles. The lowest BCUT2D eigenvalue weighted by Crippen LogP contribution is -3.00. The van der Waals surface area contributed by atoms with E-state index in [1.165, 1.54) is 0 Å². The molecule has 0 aliphatic carbocycles. The number of nitrogens with zero attached hydrogens (tertiary/aromatic N) is 4. The van der Waals surface area contributed by atoms with Crippen molar-refractivity contribution in [3.8, 4) is 5.75 Å². The van der Waals surface area contributed by atoms with Gasteiger partial charge in [0.05, 0.1) is 12.8 Å². The summed E-state index contributed by atoms with van der Waals surface area (Å²) in [6.07, 6.45) is 0. The fraction of sp³-hybridized carbons (Fsp3) is 0.273. The molecule has 1 aliphatic rings. The predicted molar refractivity (Wildman–Crippen MR) is 113 cm³/mol. The molecule has 3 heterocycles. The lowest BCUT2D eigenvalue weighted by atomic mass is 10.2. The summed E-state index contributed by atoms with van der Waals surface area (Å²) in [6, 6.07) is 16.2. The number of benzene rings is 2. The summed E-state index contributed by atoms with van der Waals surface area (Å²) in [5.74, 6) is 2.56. The Kier molecular flexibility index (Phi) is 5.20. The molecule has 5 rings (SSSR count). The summed E-state index contributed by atoms with van der Waals surface area (Å²) in [5.41, 5.74) is 3.66. The highest BCUT2D eigenvalue weighted by atomic mass is 35.5. The van der Waals surface area contributed by atoms with Crippen molar-refractivity contribution in [3.63, 3.8) is 0 Å². The number of para-hydroxylation sites is 3. The van der Waals surface area contributed by atoms with E-state index in [2.05, 4.69) is 33.0 Å². The van der Waals surface area contributed by atoms with Crippen molar-refractivity contribution < 1.29 is 23.0 Å². The zero-order valence-corrected chi connectivity index (χ0v) is 17.2. The summed E-state index contributed by atoms with van der Waals surface area (Å²) in [5, 5.41) is 1.04. The Bertz CT molecular complexity index is 1160. The van der Waals surface area contributed by atoms with Crippen LogP contribution in [0.4, 0.5) is 11.5 Å². The van der Waals surface area contributed by atoms with Crippen LogP contribution >= 0.6 is 0 Å². The largest absolute Gasteiger partial charge is 1.00 e. The predicted octanol–water partition coefficient (Wildman–Crippen LogP) is 1.14. The van der Waals surface area contributed by atoms with Crippen LogP contribution < -0.4 is 26.9 Å². The number of hydrogen-bond acceptors (Lipinski definition) is 6. The number of methoxy groups -OCH3 is 1. The quantitative estimate of drug-likeness (QED) is 0.505. The number of rotatable bonds is 3. The minimum atomic E-state index is 0. The fourth-order valence-corrected chi connectivity index (χ4v) is 3.95. The van der Waals surface area contributed by atoms with Gasteiger partial charge in [-0.25, -0.2) is 9.97 Å². The van der Waals surface area contributed by atoms with Gasteiger partial charge in [-0.2, -0.15) is 0 Å². The molecule has 29 heavy (non-hydrogen) atoms. The van der Waals surface area contributed by atoms with Gasteiger partial charge < -0.3 is 31.4 Å². The smallest absolute Gasteiger partial charge is 1.00 e. The van der Waals surface area contributed by atoms with E-state index in [9.17, 15) is 0 Å². The first-order chi connectivity index (χ1) is 13.7. The molecule has 2 aromatic carbocycles. The number of aromatic nitrogens is 2. The van der Waals surface area contributed by atoms with Crippen LogP contribution in [0.15, 0.2) is 52.9 Å². The van der Waals surface area contributed by atoms with Gasteiger partial charge in [-0.3, -0.25) is 0 Å². The maximum absolute atomic E-state index is 6.14. The summed E-state index contributed by atoms with van der Waals surface area (Å²) >= 11 is 0. The van der Waals surface area contributed by atoms with Crippen molar-refractivity contribution in [1.82, 2.24) is 9.97 Å². The average Bonchev–Trinajstić information content (AvgIpc) is 3.12. The minimum Gasteiger partial charge on any atom is -1.00 e. The Labute approximate surface area is 177 Å². The van der Waals surface area contributed by atoms with Crippen LogP contribution in [0.2, 0.25) is 0 Å². The van der Waals surface area contributed by atoms with E-state index >= 15 is 0 Å². The molecule has 0 spiro atoms. The van der Waals surface area contributed by atoms with Crippen LogP contribution in [0.3, 0.4) is 0 Å². The van der Waals surface area contributed by atoms with Gasteiger partial charge in [-0.1, -0.05) is 24.3 Å². The highest BCUT2D eigenvalue weighted by Gasteiger charge is 2.24. The highest BCUT2D eigenvalue weighted by molar-refractivity contribution is 6.05. The van der Waals surface area contributed by atoms with E-state index in [1.54, 1.807) is 7.11 Å². The topological polar surface area (TPSA) is 54.6 Å². The Balaban J connectivity index is 0.00000128. The molecule has 4 aromatic rings. The van der Waals surface area contributed by atoms with Crippen molar-refractivity contribution in [3.05, 3.63) is 54.4 Å². The van der Waals surface area contributed by atoms with Crippen LogP contribution in [0, 0.1) is 6.92 Å². The van der Waals surface area contributed by atoms with E-state index in [0.29, 0.717) is 0 Å². The summed E-state index contributed by atoms with van der Waals surface area (Å²) < 4.78 is 11.7. The molecule has 1 fully saturated rings. The van der Waals surface area contributed by atoms with Crippen LogP contribution in [0.1, 0.15) is 7.25 Å². The number of hydrogen-bond donors (Lipinski definition) is 0. The van der Waals surface area contributed by atoms with Crippen LogP contribution in [0.5, 0.6) is 5.75 Å². The molecular formula is C22H23ClN4O2. The molecule has 1 saturated heterocycles. The second-order valence-corrected chi connectivity index (χ2v) is 7.02. The molecule has 6 nitrogen and oxygen atoms in total. The lowest BCUT2D eigenvalue weighted by Gasteiger charge is -2.37. The van der Waals surface area contributed by atoms with Gasteiger partial charge in [0.1, 0.15) is 22.7 Å². The first-order valence-corrected chi connectivity index (χ1v) is 9.53. The van der Waals surface area contributed by atoms with E-state index in [4.69, 9.17) is 14.1 Å². The zero-order valence-electron chi connectivity index (χ0n) is 17.4. The van der Waals surface area contributed by atoms with E-state index in [0.717, 1.165) is 71.3 Å². The Morgan fingerprint density at radius 3 is 2.41 bits per heavy atom. The van der Waals surface area contributed by atoms with Gasteiger partial charge in [0.25, 0.3) is 0 Å². The van der Waals surface area contributed by atoms with Gasteiger partial charge in [0.2, 0.25) is 0 Å². The molecule has 0 amide bonds. The molecule has 150 valence electrons. The van der Waals surface area contributed by atoms with Gasteiger partial charge >= 0.3 is 1.43 Å². The van der Waals surface area contributed by atoms with Crippen LogP contribution in [-0.4, -0.2) is 43.3 Å². The molecule has 7 heteroatoms. The second kappa shape index (κ2) is 7.79. The second-order valence-electron chi connectivity index (χ2n) is 7.02. The van der Waals surface area contributed by atoms with Gasteiger partial charge in [-0.15, -0.1) is 0 Å². The molecular weight excluding hydrogens is 388 g/mol. The van der Waals surface area contributed by atoms with Gasteiger partial charge in [-0.05, 0) is 31.2 Å². The molecule has 0 radical (unpaired) electrons. The monoisotopic (exact) mass is 410 g/mol. The Morgan fingerprint density at radius 1 is 0.931 bits per heavy atom. The van der Waals surface area contributed by atoms with Crippen LogP contribution in [-0.2, 0) is 0 Å². The standard InChI is InChI=1S/C22H22N4O2.ClH/c1-15-23-20-16-7-3-5-9-18(16)28-21(20)22(24-15)26-13-11-25(12-14-26)17-8-4-6-10-19(17)27-2;/h3-10H,11-14H2,1-2H3;1H. The molecule has 0 N–H and O–H groups in total. The number of ether oxygens (including phenoxy) is 1. The van der Waals surface area contributed by atoms with Crippen molar-refractivity contribution in [2.24, 2.45) is 0 Å². The summed E-state index contributed by atoms with van der Waals surface area (Å²) in [6.45, 7) is 5.45. The van der Waals surface area contributed by atoms with Crippen molar-refractivity contribution in [1.29, 1.82) is 0 Å². The molecule has 0 bridgehead atoms. The zero-order chi connectivity index (χ0) is 19.1. The number of piperazine rings is 1. The van der Waals surface area contributed by atoms with E-state index < -0.39 is 0 Å². The fourth-order valence-electron chi connectivity index (χ4n) is 3.95. The average molecular weight is 411 g/mol. The van der Waals surface area contributed by atoms with Crippen LogP contribution in [0.25, 0.3) is 22.1 Å². The van der Waals surface area contributed by atoms with E-state index in [1.807, 2.05) is 37.3 Å². The number of furan rings is 1. The first-order valence-electron chi connectivity index (χ1n) is 9.53. The summed E-state index contributed by atoms with van der Waals surface area (Å²) in [4.78, 5) is 14.0. The van der Waals surface area contributed by atoms with Gasteiger partial charge in [0.15, 0.2) is 11.4 Å². The lowest BCUT2D eigenvalue weighted by molar-refractivity contribution is -0.00000647. The normalized spacial score (nSPS) is 14.3. The Morgan fingerprint density at radius 2 is 1.62 bits per heavy atom. The highest BCUT2D eigenvalue weighted by Crippen LogP contribution is 2.34. The third kappa shape index (κ3) is 3.34. The van der Waals surface area contributed by atoms with Gasteiger partial charge in [0, 0.05) is 31.6 Å².